The highest BCUT2D eigenvalue weighted by Crippen LogP contribution is 2.24. The van der Waals surface area contributed by atoms with Crippen molar-refractivity contribution in [2.75, 3.05) is 17.1 Å². The number of anilines is 2. The summed E-state index contributed by atoms with van der Waals surface area (Å²) in [6, 6.07) is 3.69. The molecule has 0 fully saturated rings. The zero-order chi connectivity index (χ0) is 12.5. The highest BCUT2D eigenvalue weighted by Gasteiger charge is 2.16. The molecule has 8 heteroatoms. The third-order valence-corrected chi connectivity index (χ3v) is 2.96. The predicted molar refractivity (Wildman–Crippen MR) is 59.3 cm³/mol. The summed E-state index contributed by atoms with van der Waals surface area (Å²) in [6.45, 7) is 0. The Morgan fingerprint density at radius 1 is 1.44 bits per heavy atom. The van der Waals surface area contributed by atoms with Gasteiger partial charge in [-0.3, -0.25) is 4.31 Å². The molecule has 1 aromatic carbocycles. The Balaban J connectivity index is 3.24. The maximum Gasteiger partial charge on any atom is 0.335 e. The molecular weight excluding hydrogens is 234 g/mol. The average Bonchev–Trinajstić information content (AvgIpc) is 2.15. The number of aromatic carboxylic acids is 1. The van der Waals surface area contributed by atoms with Crippen LogP contribution in [0.3, 0.4) is 0 Å². The van der Waals surface area contributed by atoms with Crippen molar-refractivity contribution < 1.29 is 18.3 Å². The summed E-state index contributed by atoms with van der Waals surface area (Å²) in [6.07, 6.45) is 0. The van der Waals surface area contributed by atoms with Crippen LogP contribution in [-0.4, -0.2) is 26.5 Å². The summed E-state index contributed by atoms with van der Waals surface area (Å²) < 4.78 is 22.8. The van der Waals surface area contributed by atoms with Gasteiger partial charge in [0.15, 0.2) is 0 Å². The molecule has 0 heterocycles. The van der Waals surface area contributed by atoms with Gasteiger partial charge in [-0.1, -0.05) is 0 Å². The van der Waals surface area contributed by atoms with E-state index in [2.05, 4.69) is 0 Å². The topological polar surface area (TPSA) is 127 Å². The fraction of sp³-hybridized carbons (Fsp3) is 0.125. The van der Waals surface area contributed by atoms with Gasteiger partial charge in [-0.15, -0.1) is 0 Å². The van der Waals surface area contributed by atoms with Crippen molar-refractivity contribution in [1.29, 1.82) is 0 Å². The lowest BCUT2D eigenvalue weighted by Crippen LogP contribution is -2.33. The maximum atomic E-state index is 11.0. The van der Waals surface area contributed by atoms with Crippen molar-refractivity contribution >= 4 is 27.6 Å². The number of hydrogen-bond acceptors (Lipinski definition) is 4. The number of carbonyl (C=O) groups is 1. The van der Waals surface area contributed by atoms with Crippen molar-refractivity contribution in [3.8, 4) is 0 Å². The Labute approximate surface area is 92.5 Å². The van der Waals surface area contributed by atoms with Gasteiger partial charge in [-0.05, 0) is 18.2 Å². The van der Waals surface area contributed by atoms with E-state index >= 15 is 0 Å². The summed E-state index contributed by atoms with van der Waals surface area (Å²) in [5.41, 5.74) is 5.66. The van der Waals surface area contributed by atoms with Crippen LogP contribution < -0.4 is 15.2 Å². The summed E-state index contributed by atoms with van der Waals surface area (Å²) >= 11 is 0. The minimum absolute atomic E-state index is 0.0240. The van der Waals surface area contributed by atoms with E-state index in [-0.39, 0.29) is 16.9 Å². The molecule has 0 unspecified atom stereocenters. The summed E-state index contributed by atoms with van der Waals surface area (Å²) in [4.78, 5) is 10.6. The predicted octanol–water partition coefficient (Wildman–Crippen LogP) is -0.393. The van der Waals surface area contributed by atoms with Crippen LogP contribution in [0.1, 0.15) is 10.4 Å². The van der Waals surface area contributed by atoms with Crippen LogP contribution in [0.2, 0.25) is 0 Å². The number of benzene rings is 1. The molecule has 0 atom stereocenters. The van der Waals surface area contributed by atoms with Gasteiger partial charge in [0.2, 0.25) is 0 Å². The van der Waals surface area contributed by atoms with Gasteiger partial charge >= 0.3 is 5.97 Å². The summed E-state index contributed by atoms with van der Waals surface area (Å²) in [7, 11) is -2.68. The summed E-state index contributed by atoms with van der Waals surface area (Å²) in [5, 5.41) is 13.6. The number of carboxylic acid groups (broad SMARTS) is 1. The third kappa shape index (κ3) is 2.41. The molecule has 0 saturated carbocycles. The van der Waals surface area contributed by atoms with E-state index in [1.807, 2.05) is 0 Å². The van der Waals surface area contributed by atoms with Crippen molar-refractivity contribution in [3.63, 3.8) is 0 Å². The first kappa shape index (κ1) is 12.3. The lowest BCUT2D eigenvalue weighted by Gasteiger charge is -2.18. The van der Waals surface area contributed by atoms with Crippen LogP contribution in [0, 0.1) is 0 Å². The number of carboxylic acids is 1. The van der Waals surface area contributed by atoms with Gasteiger partial charge in [0.25, 0.3) is 10.2 Å². The molecule has 0 aromatic heterocycles. The largest absolute Gasteiger partial charge is 0.478 e. The number of nitrogens with two attached hydrogens (primary N) is 2. The Kier molecular flexibility index (Phi) is 3.06. The lowest BCUT2D eigenvalue weighted by atomic mass is 10.2. The smallest absolute Gasteiger partial charge is 0.335 e. The van der Waals surface area contributed by atoms with Crippen molar-refractivity contribution in [1.82, 2.24) is 0 Å². The normalized spacial score (nSPS) is 11.1. The van der Waals surface area contributed by atoms with Crippen molar-refractivity contribution in [2.24, 2.45) is 5.14 Å². The maximum absolute atomic E-state index is 11.0. The van der Waals surface area contributed by atoms with E-state index in [0.717, 1.165) is 4.31 Å². The molecule has 0 saturated heterocycles. The molecule has 0 amide bonds. The molecule has 0 bridgehead atoms. The minimum atomic E-state index is -3.91. The fourth-order valence-corrected chi connectivity index (χ4v) is 1.55. The van der Waals surface area contributed by atoms with Crippen molar-refractivity contribution in [3.05, 3.63) is 23.8 Å². The number of rotatable bonds is 3. The first-order valence-electron chi connectivity index (χ1n) is 4.13. The molecule has 0 aliphatic heterocycles. The molecule has 0 aliphatic carbocycles. The molecule has 0 spiro atoms. The monoisotopic (exact) mass is 245 g/mol. The number of hydrogen-bond donors (Lipinski definition) is 3. The first-order valence-corrected chi connectivity index (χ1v) is 5.63. The van der Waals surface area contributed by atoms with E-state index in [1.165, 1.54) is 25.2 Å². The van der Waals surface area contributed by atoms with Gasteiger partial charge in [0.05, 0.1) is 16.9 Å². The number of nitrogen functional groups attached to an aromatic ring is 1. The van der Waals surface area contributed by atoms with Crippen LogP contribution in [0.15, 0.2) is 18.2 Å². The quantitative estimate of drug-likeness (QED) is 0.625. The number of nitrogens with zero attached hydrogens (tertiary/aromatic N) is 1. The second kappa shape index (κ2) is 3.99. The second-order valence-corrected chi connectivity index (χ2v) is 4.67. The standard InChI is InChI=1S/C8H11N3O4S/c1-11(16(10,14)15)7-3-2-5(8(12)13)4-6(7)9/h2-4H,9H2,1H3,(H,12,13)(H2,10,14,15). The van der Waals surface area contributed by atoms with Gasteiger partial charge in [0.1, 0.15) is 0 Å². The van der Waals surface area contributed by atoms with E-state index in [4.69, 9.17) is 16.0 Å². The van der Waals surface area contributed by atoms with Crippen molar-refractivity contribution in [2.45, 2.75) is 0 Å². The lowest BCUT2D eigenvalue weighted by molar-refractivity contribution is 0.0697. The van der Waals surface area contributed by atoms with Crippen LogP contribution in [0.5, 0.6) is 0 Å². The van der Waals surface area contributed by atoms with Crippen LogP contribution in [-0.2, 0) is 10.2 Å². The van der Waals surface area contributed by atoms with Gasteiger partial charge in [-0.25, -0.2) is 9.93 Å². The molecule has 1 rings (SSSR count). The van der Waals surface area contributed by atoms with Crippen LogP contribution >= 0.6 is 0 Å². The van der Waals surface area contributed by atoms with E-state index in [0.29, 0.717) is 0 Å². The van der Waals surface area contributed by atoms with Gasteiger partial charge in [0, 0.05) is 7.05 Å². The third-order valence-electron chi connectivity index (χ3n) is 2.00. The Bertz CT molecular complexity index is 526. The van der Waals surface area contributed by atoms with Crippen LogP contribution in [0.4, 0.5) is 11.4 Å². The fourth-order valence-electron chi connectivity index (χ4n) is 1.11. The molecular formula is C8H11N3O4S. The van der Waals surface area contributed by atoms with Crippen LogP contribution in [0.25, 0.3) is 0 Å². The molecule has 0 aliphatic rings. The second-order valence-electron chi connectivity index (χ2n) is 3.09. The average molecular weight is 245 g/mol. The first-order chi connectivity index (χ1) is 7.23. The van der Waals surface area contributed by atoms with E-state index in [1.54, 1.807) is 0 Å². The Hall–Kier alpha value is -1.80. The molecule has 1 aromatic rings. The Morgan fingerprint density at radius 2 is 2.00 bits per heavy atom. The van der Waals surface area contributed by atoms with E-state index in [9.17, 15) is 13.2 Å². The molecule has 5 N–H and O–H groups in total. The van der Waals surface area contributed by atoms with E-state index < -0.39 is 16.2 Å². The molecule has 7 nitrogen and oxygen atoms in total. The zero-order valence-electron chi connectivity index (χ0n) is 8.41. The van der Waals surface area contributed by atoms with Gasteiger partial charge < -0.3 is 10.8 Å². The SMILES string of the molecule is CN(c1ccc(C(=O)O)cc1N)S(N)(=O)=O. The molecule has 88 valence electrons. The van der Waals surface area contributed by atoms with Gasteiger partial charge in [-0.2, -0.15) is 8.42 Å². The molecule has 16 heavy (non-hydrogen) atoms. The highest BCUT2D eigenvalue weighted by molar-refractivity contribution is 7.90. The minimum Gasteiger partial charge on any atom is -0.478 e. The molecule has 0 radical (unpaired) electrons. The highest BCUT2D eigenvalue weighted by atomic mass is 32.2. The zero-order valence-corrected chi connectivity index (χ0v) is 9.23. The summed E-state index contributed by atoms with van der Waals surface area (Å²) in [5.74, 6) is -1.14. The Morgan fingerprint density at radius 3 is 2.38 bits per heavy atom.